The first-order valence-electron chi connectivity index (χ1n) is 12.4. The summed E-state index contributed by atoms with van der Waals surface area (Å²) in [6.07, 6.45) is 6.66. The molecule has 6 heteroatoms. The van der Waals surface area contributed by atoms with Crippen LogP contribution in [0.3, 0.4) is 0 Å². The van der Waals surface area contributed by atoms with Crippen LogP contribution in [0, 0.1) is 13.8 Å². The normalized spacial score (nSPS) is 26.8. The third kappa shape index (κ3) is 6.12. The highest BCUT2D eigenvalue weighted by atomic mass is 16.8. The van der Waals surface area contributed by atoms with Gasteiger partial charge in [-0.2, -0.15) is 0 Å². The highest BCUT2D eigenvalue weighted by Crippen LogP contribution is 2.34. The lowest BCUT2D eigenvalue weighted by Gasteiger charge is -2.24. The minimum Gasteiger partial charge on any atom is -0.459 e. The first kappa shape index (κ1) is 25.9. The van der Waals surface area contributed by atoms with Gasteiger partial charge in [0.2, 0.25) is 0 Å². The Kier molecular flexibility index (Phi) is 7.76. The lowest BCUT2D eigenvalue weighted by molar-refractivity contribution is -0.152. The van der Waals surface area contributed by atoms with Crippen molar-refractivity contribution in [3.8, 4) is 0 Å². The molecule has 0 bridgehead atoms. The minimum absolute atomic E-state index is 0.350. The fourth-order valence-electron chi connectivity index (χ4n) is 4.74. The second kappa shape index (κ2) is 10.8. The van der Waals surface area contributed by atoms with Crippen LogP contribution in [0.25, 0.3) is 6.08 Å². The molecule has 2 aromatic rings. The van der Waals surface area contributed by atoms with Crippen LogP contribution in [-0.2, 0) is 18.9 Å². The summed E-state index contributed by atoms with van der Waals surface area (Å²) in [6, 6.07) is 12.8. The molecule has 0 radical (unpaired) electrons. The summed E-state index contributed by atoms with van der Waals surface area (Å²) in [5, 5.41) is 0. The van der Waals surface area contributed by atoms with Crippen molar-refractivity contribution in [2.45, 2.75) is 77.7 Å². The van der Waals surface area contributed by atoms with E-state index in [2.05, 4.69) is 0 Å². The van der Waals surface area contributed by atoms with Crippen molar-refractivity contribution in [3.05, 3.63) is 88.5 Å². The van der Waals surface area contributed by atoms with Crippen molar-refractivity contribution in [1.29, 1.82) is 0 Å². The van der Waals surface area contributed by atoms with E-state index in [1.54, 1.807) is 24.3 Å². The van der Waals surface area contributed by atoms with Crippen molar-refractivity contribution in [2.75, 3.05) is 0 Å². The summed E-state index contributed by atoms with van der Waals surface area (Å²) < 4.78 is 24.1. The molecule has 4 rings (SSSR count). The number of cyclic esters (lactones) is 1. The van der Waals surface area contributed by atoms with Crippen LogP contribution in [-0.4, -0.2) is 42.1 Å². The topological polar surface area (TPSA) is 71.1 Å². The summed E-state index contributed by atoms with van der Waals surface area (Å²) in [6.45, 7) is 9.48. The zero-order valence-corrected chi connectivity index (χ0v) is 21.5. The Labute approximate surface area is 212 Å². The molecule has 6 nitrogen and oxygen atoms in total. The largest absolute Gasteiger partial charge is 0.459 e. The molecule has 2 heterocycles. The lowest BCUT2D eigenvalue weighted by Crippen LogP contribution is -2.37. The van der Waals surface area contributed by atoms with Crippen LogP contribution < -0.4 is 0 Å². The van der Waals surface area contributed by atoms with Crippen LogP contribution in [0.5, 0.6) is 0 Å². The zero-order chi connectivity index (χ0) is 25.9. The van der Waals surface area contributed by atoms with Crippen molar-refractivity contribution >= 4 is 18.0 Å². The summed E-state index contributed by atoms with van der Waals surface area (Å²) in [4.78, 5) is 26.0. The van der Waals surface area contributed by atoms with E-state index in [1.807, 2.05) is 77.1 Å². The molecule has 36 heavy (non-hydrogen) atoms. The number of rotatable bonds is 2. The number of carbonyl (C=O) groups excluding carboxylic acids is 2. The molecule has 1 fully saturated rings. The number of carbonyl (C=O) groups is 2. The van der Waals surface area contributed by atoms with Crippen molar-refractivity contribution in [3.63, 3.8) is 0 Å². The molecule has 190 valence electrons. The van der Waals surface area contributed by atoms with E-state index < -0.39 is 24.0 Å². The Morgan fingerprint density at radius 3 is 2.53 bits per heavy atom. The number of hydrogen-bond acceptors (Lipinski definition) is 6. The Balaban J connectivity index is 1.68. The molecule has 0 amide bonds. The number of esters is 2. The van der Waals surface area contributed by atoms with E-state index in [0.717, 1.165) is 16.7 Å². The fraction of sp³-hybridized carbons (Fsp3) is 0.400. The molecule has 0 N–H and O–H groups in total. The predicted molar refractivity (Wildman–Crippen MR) is 138 cm³/mol. The van der Waals surface area contributed by atoms with Crippen LogP contribution in [0.15, 0.2) is 60.7 Å². The molecule has 0 spiro atoms. The van der Waals surface area contributed by atoms with E-state index in [4.69, 9.17) is 18.9 Å². The van der Waals surface area contributed by atoms with E-state index in [9.17, 15) is 9.59 Å². The Hall–Kier alpha value is -3.22. The van der Waals surface area contributed by atoms with Crippen LogP contribution in [0.1, 0.15) is 71.0 Å². The molecule has 1 saturated heterocycles. The second-order valence-electron chi connectivity index (χ2n) is 9.94. The first-order valence-corrected chi connectivity index (χ1v) is 12.4. The summed E-state index contributed by atoms with van der Waals surface area (Å²) in [5.74, 6) is -1.62. The Morgan fingerprint density at radius 1 is 1.03 bits per heavy atom. The molecule has 0 saturated carbocycles. The summed E-state index contributed by atoms with van der Waals surface area (Å²) in [5.41, 5.74) is 3.78. The Morgan fingerprint density at radius 2 is 1.78 bits per heavy atom. The molecule has 0 aromatic heterocycles. The number of ether oxygens (including phenoxy) is 4. The maximum absolute atomic E-state index is 13.1. The van der Waals surface area contributed by atoms with E-state index >= 15 is 0 Å². The monoisotopic (exact) mass is 490 g/mol. The fourth-order valence-corrected chi connectivity index (χ4v) is 4.74. The van der Waals surface area contributed by atoms with Crippen LogP contribution in [0.2, 0.25) is 0 Å². The predicted octanol–water partition coefficient (Wildman–Crippen LogP) is 5.96. The van der Waals surface area contributed by atoms with E-state index in [-0.39, 0.29) is 18.2 Å². The quantitative estimate of drug-likeness (QED) is 0.382. The number of hydrogen-bond donors (Lipinski definition) is 0. The highest BCUT2D eigenvalue weighted by Gasteiger charge is 2.45. The van der Waals surface area contributed by atoms with Gasteiger partial charge in [0.1, 0.15) is 18.3 Å². The van der Waals surface area contributed by atoms with Gasteiger partial charge in [-0.05, 0) is 70.4 Å². The smallest absolute Gasteiger partial charge is 0.339 e. The van der Waals surface area contributed by atoms with Gasteiger partial charge in [0.05, 0.1) is 17.2 Å². The minimum atomic E-state index is -0.834. The third-order valence-electron chi connectivity index (χ3n) is 6.28. The molecule has 1 unspecified atom stereocenters. The number of fused-ring (bicyclic) bond motifs is 2. The van der Waals surface area contributed by atoms with Gasteiger partial charge in [0.15, 0.2) is 5.79 Å². The van der Waals surface area contributed by atoms with Gasteiger partial charge in [-0.3, -0.25) is 0 Å². The van der Waals surface area contributed by atoms with Gasteiger partial charge in [0, 0.05) is 6.42 Å². The van der Waals surface area contributed by atoms with Gasteiger partial charge in [0.25, 0.3) is 0 Å². The molecule has 2 aliphatic rings. The maximum Gasteiger partial charge on any atom is 0.339 e. The third-order valence-corrected chi connectivity index (χ3v) is 6.28. The molecule has 2 aliphatic heterocycles. The average molecular weight is 491 g/mol. The first-order chi connectivity index (χ1) is 17.1. The van der Waals surface area contributed by atoms with Gasteiger partial charge in [-0.15, -0.1) is 0 Å². The van der Waals surface area contributed by atoms with Gasteiger partial charge in [-0.1, -0.05) is 54.1 Å². The molecule has 4 atom stereocenters. The zero-order valence-electron chi connectivity index (χ0n) is 21.5. The molecular formula is C30H34O6. The van der Waals surface area contributed by atoms with E-state index in [0.29, 0.717) is 24.0 Å². The summed E-state index contributed by atoms with van der Waals surface area (Å²) >= 11 is 0. The maximum atomic E-state index is 13.1. The van der Waals surface area contributed by atoms with Gasteiger partial charge < -0.3 is 18.9 Å². The van der Waals surface area contributed by atoms with Crippen molar-refractivity contribution < 1.29 is 28.5 Å². The Bertz CT molecular complexity index is 1160. The molecule has 0 aliphatic carbocycles. The average Bonchev–Trinajstić information content (AvgIpc) is 3.12. The molecule has 2 aromatic carbocycles. The number of aryl methyl sites for hydroxylation is 2. The van der Waals surface area contributed by atoms with Crippen LogP contribution in [0.4, 0.5) is 0 Å². The van der Waals surface area contributed by atoms with Gasteiger partial charge in [-0.25, -0.2) is 9.59 Å². The van der Waals surface area contributed by atoms with E-state index in [1.165, 1.54) is 0 Å². The SMILES string of the molecule is Cc1cc(C)c2c(c1)C=CC[C@@H]1OC(C)(C)O[C@@H]1C(OC(=O)c1ccccc1)/C=C\C[C@H](C)OC2=O. The lowest BCUT2D eigenvalue weighted by atomic mass is 9.97. The molecular weight excluding hydrogens is 456 g/mol. The van der Waals surface area contributed by atoms with Crippen molar-refractivity contribution in [1.82, 2.24) is 0 Å². The standard InChI is InChI=1S/C30H34O6/c1-19-17-20(2)26-23(18-19)14-10-16-25-27(36-30(4,5)35-25)24(15-9-11-21(3)33-29(26)32)34-28(31)22-12-7-6-8-13-22/h6-10,12-15,17-18,21,24-25,27H,11,16H2,1-5H3/b14-10?,15-9-/t21-,24?,25-,27+/m0/s1. The second-order valence-corrected chi connectivity index (χ2v) is 9.94. The van der Waals surface area contributed by atoms with Gasteiger partial charge >= 0.3 is 11.9 Å². The van der Waals surface area contributed by atoms with Crippen molar-refractivity contribution in [2.24, 2.45) is 0 Å². The summed E-state index contributed by atoms with van der Waals surface area (Å²) in [7, 11) is 0. The highest BCUT2D eigenvalue weighted by molar-refractivity contribution is 5.95. The number of benzene rings is 2. The van der Waals surface area contributed by atoms with Crippen LogP contribution >= 0.6 is 0 Å².